The van der Waals surface area contributed by atoms with Crippen molar-refractivity contribution in [2.45, 2.75) is 18.9 Å². The Morgan fingerprint density at radius 2 is 2.17 bits per heavy atom. The lowest BCUT2D eigenvalue weighted by molar-refractivity contribution is 0.0697. The fourth-order valence-electron chi connectivity index (χ4n) is 3.41. The Hall–Kier alpha value is -3.21. The summed E-state index contributed by atoms with van der Waals surface area (Å²) in [7, 11) is 0. The van der Waals surface area contributed by atoms with Crippen molar-refractivity contribution in [1.29, 1.82) is 5.26 Å². The highest BCUT2D eigenvalue weighted by atomic mass is 32.1. The molecule has 29 heavy (non-hydrogen) atoms. The number of hydrogen-bond acceptors (Lipinski definition) is 6. The molecular formula is C22H19N3O3S. The molecule has 1 fully saturated rings. The van der Waals surface area contributed by atoms with Crippen LogP contribution >= 0.6 is 11.3 Å². The minimum atomic E-state index is -0.954. The van der Waals surface area contributed by atoms with Gasteiger partial charge in [-0.3, -0.25) is 0 Å². The lowest BCUT2D eigenvalue weighted by Gasteiger charge is -2.16. The van der Waals surface area contributed by atoms with Gasteiger partial charge >= 0.3 is 5.97 Å². The number of aromatic nitrogens is 1. The van der Waals surface area contributed by atoms with Crippen LogP contribution in [0.1, 0.15) is 39.4 Å². The molecule has 0 aliphatic carbocycles. The number of carbonyl (C=O) groups is 1. The molecular weight excluding hydrogens is 386 g/mol. The molecule has 0 saturated carbocycles. The normalized spacial score (nSPS) is 15.8. The zero-order chi connectivity index (χ0) is 20.2. The Bertz CT molecular complexity index is 1050. The number of anilines is 1. The molecule has 1 aliphatic rings. The molecule has 2 N–H and O–H groups in total. The molecule has 7 heteroatoms. The van der Waals surface area contributed by atoms with Crippen LogP contribution in [0.5, 0.6) is 0 Å². The Labute approximate surface area is 172 Å². The average Bonchev–Trinajstić information content (AvgIpc) is 3.46. The first-order valence-electron chi connectivity index (χ1n) is 9.28. The molecule has 3 heterocycles. The summed E-state index contributed by atoms with van der Waals surface area (Å²) < 4.78 is 5.55. The van der Waals surface area contributed by atoms with Crippen LogP contribution in [0.4, 0.5) is 5.82 Å². The van der Waals surface area contributed by atoms with Crippen LogP contribution in [0.3, 0.4) is 0 Å². The maximum atomic E-state index is 11.0. The molecule has 1 unspecified atom stereocenters. The van der Waals surface area contributed by atoms with Gasteiger partial charge in [0.15, 0.2) is 0 Å². The van der Waals surface area contributed by atoms with Crippen molar-refractivity contribution in [3.63, 3.8) is 0 Å². The first-order valence-corrected chi connectivity index (χ1v) is 10.2. The highest BCUT2D eigenvalue weighted by Gasteiger charge is 2.24. The summed E-state index contributed by atoms with van der Waals surface area (Å²) in [6, 6.07) is 15.0. The van der Waals surface area contributed by atoms with Crippen molar-refractivity contribution in [1.82, 2.24) is 4.98 Å². The molecule has 3 aromatic rings. The lowest BCUT2D eigenvalue weighted by atomic mass is 9.93. The van der Waals surface area contributed by atoms with Crippen LogP contribution < -0.4 is 5.32 Å². The van der Waals surface area contributed by atoms with Crippen molar-refractivity contribution >= 4 is 23.1 Å². The van der Waals surface area contributed by atoms with Crippen molar-refractivity contribution in [2.24, 2.45) is 0 Å². The van der Waals surface area contributed by atoms with Crippen molar-refractivity contribution < 1.29 is 14.6 Å². The topological polar surface area (TPSA) is 95.2 Å². The Morgan fingerprint density at radius 3 is 2.79 bits per heavy atom. The monoisotopic (exact) mass is 405 g/mol. The van der Waals surface area contributed by atoms with Crippen LogP contribution in [-0.2, 0) is 11.3 Å². The zero-order valence-corrected chi connectivity index (χ0v) is 16.4. The van der Waals surface area contributed by atoms with Gasteiger partial charge in [-0.25, -0.2) is 9.78 Å². The van der Waals surface area contributed by atoms with E-state index in [4.69, 9.17) is 14.8 Å². The molecule has 146 valence electrons. The predicted octanol–water partition coefficient (Wildman–Crippen LogP) is 4.50. The van der Waals surface area contributed by atoms with Gasteiger partial charge in [0.05, 0.1) is 28.3 Å². The van der Waals surface area contributed by atoms with Gasteiger partial charge in [0.25, 0.3) is 0 Å². The van der Waals surface area contributed by atoms with Crippen LogP contribution in [0.2, 0.25) is 0 Å². The number of aromatic carboxylic acids is 1. The number of benzene rings is 1. The van der Waals surface area contributed by atoms with E-state index in [1.807, 2.05) is 23.6 Å². The third-order valence-corrected chi connectivity index (χ3v) is 5.86. The minimum Gasteiger partial charge on any atom is -0.478 e. The van der Waals surface area contributed by atoms with Gasteiger partial charge in [0.2, 0.25) is 0 Å². The molecule has 0 radical (unpaired) electrons. The Morgan fingerprint density at radius 1 is 1.34 bits per heavy atom. The number of ether oxygens (including phenoxy) is 1. The number of rotatable bonds is 6. The van der Waals surface area contributed by atoms with Crippen LogP contribution in [0.15, 0.2) is 47.8 Å². The second-order valence-corrected chi connectivity index (χ2v) is 7.77. The van der Waals surface area contributed by atoms with Gasteiger partial charge in [0.1, 0.15) is 11.9 Å². The van der Waals surface area contributed by atoms with E-state index in [1.54, 1.807) is 35.6 Å². The molecule has 1 atom stereocenters. The molecule has 2 aromatic heterocycles. The number of carboxylic acid groups (broad SMARTS) is 1. The van der Waals surface area contributed by atoms with E-state index in [0.717, 1.165) is 28.1 Å². The SMILES string of the molecule is N#Cc1c(C2CCOC2)cc(-c2cccs2)nc1NCc1ccc(C(=O)O)cc1. The van der Waals surface area contributed by atoms with Gasteiger partial charge < -0.3 is 15.2 Å². The summed E-state index contributed by atoms with van der Waals surface area (Å²) in [5, 5.41) is 24.2. The molecule has 6 nitrogen and oxygen atoms in total. The highest BCUT2D eigenvalue weighted by Crippen LogP contribution is 2.35. The molecule has 0 amide bonds. The van der Waals surface area contributed by atoms with Crippen molar-refractivity contribution in [3.8, 4) is 16.6 Å². The molecule has 4 rings (SSSR count). The Kier molecular flexibility index (Phi) is 5.56. The first kappa shape index (κ1) is 19.1. The smallest absolute Gasteiger partial charge is 0.335 e. The standard InChI is InChI=1S/C22H19N3O3S/c23-11-18-17(16-7-8-28-13-16)10-19(20-2-1-9-29-20)25-21(18)24-12-14-3-5-15(6-4-14)22(26)27/h1-6,9-10,16H,7-8,12-13H2,(H,24,25)(H,26,27). The maximum Gasteiger partial charge on any atom is 0.335 e. The molecule has 1 saturated heterocycles. The van der Waals surface area contributed by atoms with E-state index >= 15 is 0 Å². The van der Waals surface area contributed by atoms with Gasteiger partial charge in [-0.1, -0.05) is 18.2 Å². The summed E-state index contributed by atoms with van der Waals surface area (Å²) in [5.74, 6) is -0.227. The summed E-state index contributed by atoms with van der Waals surface area (Å²) in [5.41, 5.74) is 3.50. The van der Waals surface area contributed by atoms with Crippen molar-refractivity contribution in [2.75, 3.05) is 18.5 Å². The summed E-state index contributed by atoms with van der Waals surface area (Å²) in [6.45, 7) is 1.75. The number of nitriles is 1. The quantitative estimate of drug-likeness (QED) is 0.627. The lowest BCUT2D eigenvalue weighted by Crippen LogP contribution is -2.09. The summed E-state index contributed by atoms with van der Waals surface area (Å²) in [4.78, 5) is 16.8. The second kappa shape index (κ2) is 8.43. The number of thiophene rings is 1. The van der Waals surface area contributed by atoms with E-state index in [-0.39, 0.29) is 11.5 Å². The molecule has 0 bridgehead atoms. The van der Waals surface area contributed by atoms with Gasteiger partial charge in [0, 0.05) is 19.1 Å². The predicted molar refractivity (Wildman–Crippen MR) is 111 cm³/mol. The fourth-order valence-corrected chi connectivity index (χ4v) is 4.10. The third-order valence-electron chi connectivity index (χ3n) is 4.97. The first-order chi connectivity index (χ1) is 14.2. The zero-order valence-electron chi connectivity index (χ0n) is 15.6. The maximum absolute atomic E-state index is 11.0. The third kappa shape index (κ3) is 4.14. The van der Waals surface area contributed by atoms with Crippen LogP contribution in [0, 0.1) is 11.3 Å². The van der Waals surface area contributed by atoms with E-state index in [1.165, 1.54) is 0 Å². The fraction of sp³-hybridized carbons (Fsp3) is 0.227. The summed E-state index contributed by atoms with van der Waals surface area (Å²) in [6.07, 6.45) is 0.888. The van der Waals surface area contributed by atoms with Gasteiger partial charge in [-0.2, -0.15) is 5.26 Å². The summed E-state index contributed by atoms with van der Waals surface area (Å²) >= 11 is 1.61. The van der Waals surface area contributed by atoms with Gasteiger partial charge in [-0.05, 0) is 47.2 Å². The largest absolute Gasteiger partial charge is 0.478 e. The molecule has 0 spiro atoms. The van der Waals surface area contributed by atoms with Crippen LogP contribution in [-0.4, -0.2) is 29.3 Å². The number of nitrogens with zero attached hydrogens (tertiary/aromatic N) is 2. The second-order valence-electron chi connectivity index (χ2n) is 6.83. The highest BCUT2D eigenvalue weighted by molar-refractivity contribution is 7.13. The van der Waals surface area contributed by atoms with E-state index < -0.39 is 5.97 Å². The number of carboxylic acids is 1. The number of hydrogen-bond donors (Lipinski definition) is 2. The minimum absolute atomic E-state index is 0.182. The van der Waals surface area contributed by atoms with E-state index in [2.05, 4.69) is 11.4 Å². The average molecular weight is 405 g/mol. The van der Waals surface area contributed by atoms with Crippen molar-refractivity contribution in [3.05, 3.63) is 70.1 Å². The molecule has 1 aromatic carbocycles. The van der Waals surface area contributed by atoms with E-state index in [0.29, 0.717) is 31.1 Å². The Balaban J connectivity index is 1.67. The van der Waals surface area contributed by atoms with E-state index in [9.17, 15) is 10.1 Å². The number of pyridine rings is 1. The van der Waals surface area contributed by atoms with Crippen LogP contribution in [0.25, 0.3) is 10.6 Å². The van der Waals surface area contributed by atoms with Gasteiger partial charge in [-0.15, -0.1) is 11.3 Å². The molecule has 1 aliphatic heterocycles. The number of nitrogens with one attached hydrogen (secondary N) is 1.